The Bertz CT molecular complexity index is 1440. The molecule has 0 aliphatic rings. The van der Waals surface area contributed by atoms with Crippen molar-refractivity contribution in [3.05, 3.63) is 94.3 Å². The molecule has 0 aliphatic carbocycles. The number of nitrogen functional groups attached to an aromatic ring is 1. The van der Waals surface area contributed by atoms with E-state index in [0.717, 1.165) is 5.82 Å². The van der Waals surface area contributed by atoms with Crippen LogP contribution >= 0.6 is 0 Å². The molecule has 0 saturated heterocycles. The Kier molecular flexibility index (Phi) is 6.54. The van der Waals surface area contributed by atoms with Crippen molar-refractivity contribution in [2.45, 2.75) is 6.42 Å². The van der Waals surface area contributed by atoms with Crippen molar-refractivity contribution < 1.29 is 9.18 Å². The Morgan fingerprint density at radius 3 is 2.54 bits per heavy atom. The molecule has 0 spiro atoms. The van der Waals surface area contributed by atoms with E-state index in [9.17, 15) is 14.0 Å². The maximum Gasteiger partial charge on any atom is 0.275 e. The number of nitrogens with two attached hydrogens (primary N) is 1. The zero-order valence-electron chi connectivity index (χ0n) is 19.5. The summed E-state index contributed by atoms with van der Waals surface area (Å²) in [5.74, 6) is -0.234. The second-order valence-corrected chi connectivity index (χ2v) is 8.08. The number of nitrogens with one attached hydrogen (secondary N) is 1. The van der Waals surface area contributed by atoms with Crippen molar-refractivity contribution in [2.24, 2.45) is 7.05 Å². The number of rotatable bonds is 6. The number of aromatic nitrogens is 4. The van der Waals surface area contributed by atoms with Crippen molar-refractivity contribution in [1.29, 1.82) is 0 Å². The molecular formula is C25H24FN7O2. The van der Waals surface area contributed by atoms with Crippen LogP contribution in [0.25, 0.3) is 11.1 Å². The molecule has 0 bridgehead atoms. The number of amides is 1. The molecule has 4 rings (SSSR count). The third-order valence-corrected chi connectivity index (χ3v) is 5.52. The van der Waals surface area contributed by atoms with Gasteiger partial charge in [-0.25, -0.2) is 14.4 Å². The third kappa shape index (κ3) is 4.86. The number of pyridine rings is 2. The summed E-state index contributed by atoms with van der Waals surface area (Å²) in [6.45, 7) is 0. The van der Waals surface area contributed by atoms with Crippen LogP contribution in [0.15, 0.2) is 65.8 Å². The van der Waals surface area contributed by atoms with Crippen molar-refractivity contribution in [2.75, 3.05) is 30.0 Å². The number of halogens is 1. The molecule has 3 heterocycles. The van der Waals surface area contributed by atoms with Crippen molar-refractivity contribution in [1.82, 2.24) is 19.5 Å². The highest BCUT2D eigenvalue weighted by Gasteiger charge is 2.23. The highest BCUT2D eigenvalue weighted by molar-refractivity contribution is 6.06. The van der Waals surface area contributed by atoms with E-state index < -0.39 is 11.7 Å². The summed E-state index contributed by atoms with van der Waals surface area (Å²) in [5, 5.41) is 2.80. The van der Waals surface area contributed by atoms with Crippen LogP contribution in [0.4, 0.5) is 21.6 Å². The molecule has 3 aromatic heterocycles. The van der Waals surface area contributed by atoms with E-state index in [-0.39, 0.29) is 34.6 Å². The van der Waals surface area contributed by atoms with Crippen molar-refractivity contribution in [3.8, 4) is 11.1 Å². The summed E-state index contributed by atoms with van der Waals surface area (Å²) >= 11 is 0. The second kappa shape index (κ2) is 9.72. The van der Waals surface area contributed by atoms with Gasteiger partial charge in [0.2, 0.25) is 0 Å². The summed E-state index contributed by atoms with van der Waals surface area (Å²) in [6, 6.07) is 11.0. The topological polar surface area (TPSA) is 119 Å². The van der Waals surface area contributed by atoms with E-state index in [2.05, 4.69) is 20.3 Å². The smallest absolute Gasteiger partial charge is 0.275 e. The summed E-state index contributed by atoms with van der Waals surface area (Å²) in [4.78, 5) is 40.8. The summed E-state index contributed by atoms with van der Waals surface area (Å²) in [6.07, 6.45) is 4.41. The molecule has 0 unspecified atom stereocenters. The maximum atomic E-state index is 13.5. The van der Waals surface area contributed by atoms with Crippen LogP contribution in [0.5, 0.6) is 0 Å². The fourth-order valence-electron chi connectivity index (χ4n) is 3.68. The highest BCUT2D eigenvalue weighted by atomic mass is 19.1. The lowest BCUT2D eigenvalue weighted by atomic mass is 10.0. The standard InChI is InChI=1S/C25H24FN7O2/c1-32(2)20-6-4-5-17(30-20)13-19-23(31-24(34)18-14-28-11-12-29-18)22(27)21(25(35)33(19)3)15-7-9-16(26)10-8-15/h4-12,14H,13,27H2,1-3H3,(H,31,34). The molecule has 35 heavy (non-hydrogen) atoms. The molecule has 4 aromatic rings. The minimum absolute atomic E-state index is 0.0655. The lowest BCUT2D eigenvalue weighted by molar-refractivity contribution is 0.102. The Labute approximate surface area is 201 Å². The first-order chi connectivity index (χ1) is 16.8. The molecule has 10 heteroatoms. The SMILES string of the molecule is CN(C)c1cccc(Cc2c(NC(=O)c3cnccn3)c(N)c(-c3ccc(F)cc3)c(=O)n2C)n1. The van der Waals surface area contributed by atoms with E-state index >= 15 is 0 Å². The number of nitrogens with zero attached hydrogens (tertiary/aromatic N) is 5. The van der Waals surface area contributed by atoms with Crippen LogP contribution in [-0.4, -0.2) is 39.5 Å². The highest BCUT2D eigenvalue weighted by Crippen LogP contribution is 2.33. The number of carbonyl (C=O) groups excluding carboxylic acids is 1. The van der Waals surface area contributed by atoms with E-state index in [4.69, 9.17) is 5.73 Å². The molecule has 178 valence electrons. The number of anilines is 3. The van der Waals surface area contributed by atoms with E-state index in [1.54, 1.807) is 7.05 Å². The van der Waals surface area contributed by atoms with Gasteiger partial charge in [0, 0.05) is 45.7 Å². The van der Waals surface area contributed by atoms with Crippen LogP contribution in [0.1, 0.15) is 21.9 Å². The van der Waals surface area contributed by atoms with Gasteiger partial charge in [-0.15, -0.1) is 0 Å². The van der Waals surface area contributed by atoms with Crippen molar-refractivity contribution in [3.63, 3.8) is 0 Å². The number of carbonyl (C=O) groups is 1. The van der Waals surface area contributed by atoms with Crippen LogP contribution in [0.3, 0.4) is 0 Å². The maximum absolute atomic E-state index is 13.5. The van der Waals surface area contributed by atoms with Gasteiger partial charge in [-0.2, -0.15) is 0 Å². The predicted molar refractivity (Wildman–Crippen MR) is 133 cm³/mol. The molecular weight excluding hydrogens is 449 g/mol. The van der Waals surface area contributed by atoms with Gasteiger partial charge in [0.1, 0.15) is 17.3 Å². The van der Waals surface area contributed by atoms with Crippen LogP contribution in [0, 0.1) is 5.82 Å². The van der Waals surface area contributed by atoms with E-state index in [0.29, 0.717) is 17.0 Å². The number of benzene rings is 1. The molecule has 9 nitrogen and oxygen atoms in total. The average molecular weight is 474 g/mol. The van der Waals surface area contributed by atoms with Gasteiger partial charge < -0.3 is 20.5 Å². The second-order valence-electron chi connectivity index (χ2n) is 8.08. The monoisotopic (exact) mass is 473 g/mol. The summed E-state index contributed by atoms with van der Waals surface area (Å²) < 4.78 is 14.9. The third-order valence-electron chi connectivity index (χ3n) is 5.52. The van der Waals surface area contributed by atoms with Crippen LogP contribution < -0.4 is 21.5 Å². The Balaban J connectivity index is 1.88. The number of hydrogen-bond donors (Lipinski definition) is 2. The van der Waals surface area contributed by atoms with Crippen LogP contribution in [0.2, 0.25) is 0 Å². The molecule has 0 saturated carbocycles. The minimum atomic E-state index is -0.537. The Morgan fingerprint density at radius 2 is 1.89 bits per heavy atom. The van der Waals surface area contributed by atoms with Gasteiger partial charge in [-0.05, 0) is 29.8 Å². The van der Waals surface area contributed by atoms with Gasteiger partial charge in [0.25, 0.3) is 11.5 Å². The minimum Gasteiger partial charge on any atom is -0.396 e. The molecule has 0 fully saturated rings. The first-order valence-electron chi connectivity index (χ1n) is 10.7. The van der Waals surface area contributed by atoms with Gasteiger partial charge in [-0.3, -0.25) is 14.6 Å². The fourth-order valence-corrected chi connectivity index (χ4v) is 3.68. The summed E-state index contributed by atoms with van der Waals surface area (Å²) in [7, 11) is 5.35. The largest absolute Gasteiger partial charge is 0.396 e. The average Bonchev–Trinajstić information content (AvgIpc) is 2.86. The molecule has 1 aromatic carbocycles. The Hall–Kier alpha value is -4.60. The van der Waals surface area contributed by atoms with E-state index in [1.807, 2.05) is 37.2 Å². The lowest BCUT2D eigenvalue weighted by Gasteiger charge is -2.20. The van der Waals surface area contributed by atoms with Crippen molar-refractivity contribution >= 4 is 23.1 Å². The number of hydrogen-bond acceptors (Lipinski definition) is 7. The van der Waals surface area contributed by atoms with Gasteiger partial charge in [-0.1, -0.05) is 18.2 Å². The molecule has 0 aliphatic heterocycles. The van der Waals surface area contributed by atoms with Gasteiger partial charge in [0.05, 0.1) is 28.8 Å². The fraction of sp³-hybridized carbons (Fsp3) is 0.160. The van der Waals surface area contributed by atoms with E-state index in [1.165, 1.54) is 47.4 Å². The summed E-state index contributed by atoms with van der Waals surface area (Å²) in [5.41, 5.74) is 8.23. The van der Waals surface area contributed by atoms with Gasteiger partial charge >= 0.3 is 0 Å². The normalized spacial score (nSPS) is 10.7. The zero-order valence-corrected chi connectivity index (χ0v) is 19.5. The Morgan fingerprint density at radius 1 is 1.14 bits per heavy atom. The first-order valence-corrected chi connectivity index (χ1v) is 10.7. The molecule has 3 N–H and O–H groups in total. The van der Waals surface area contributed by atoms with Crippen LogP contribution in [-0.2, 0) is 13.5 Å². The zero-order chi connectivity index (χ0) is 25.1. The molecule has 1 amide bonds. The molecule has 0 atom stereocenters. The predicted octanol–water partition coefficient (Wildman–Crippen LogP) is 2.87. The van der Waals surface area contributed by atoms with Gasteiger partial charge in [0.15, 0.2) is 0 Å². The first kappa shape index (κ1) is 23.6. The molecule has 0 radical (unpaired) electrons. The quantitative estimate of drug-likeness (QED) is 0.442. The lowest BCUT2D eigenvalue weighted by Crippen LogP contribution is -2.28.